The number of aromatic hydroxyl groups is 2. The lowest BCUT2D eigenvalue weighted by Gasteiger charge is -2.31. The van der Waals surface area contributed by atoms with E-state index < -0.39 is 0 Å². The molecule has 0 amide bonds. The number of benzene rings is 1. The summed E-state index contributed by atoms with van der Waals surface area (Å²) in [6.07, 6.45) is 2.29. The predicted octanol–water partition coefficient (Wildman–Crippen LogP) is 1.84. The second-order valence-corrected chi connectivity index (χ2v) is 5.25. The van der Waals surface area contributed by atoms with Crippen LogP contribution >= 0.6 is 0 Å². The molecule has 1 fully saturated rings. The van der Waals surface area contributed by atoms with Gasteiger partial charge < -0.3 is 20.4 Å². The van der Waals surface area contributed by atoms with E-state index in [2.05, 4.69) is 24.2 Å². The summed E-state index contributed by atoms with van der Waals surface area (Å²) >= 11 is 0. The largest absolute Gasteiger partial charge is 0.508 e. The average Bonchev–Trinajstić information content (AvgIpc) is 2.31. The van der Waals surface area contributed by atoms with Crippen LogP contribution < -0.4 is 5.32 Å². The first-order chi connectivity index (χ1) is 8.54. The van der Waals surface area contributed by atoms with Gasteiger partial charge in [-0.25, -0.2) is 0 Å². The molecule has 0 radical (unpaired) electrons. The van der Waals surface area contributed by atoms with Gasteiger partial charge in [0.2, 0.25) is 0 Å². The van der Waals surface area contributed by atoms with Gasteiger partial charge in [-0.2, -0.15) is 0 Å². The molecule has 0 saturated carbocycles. The summed E-state index contributed by atoms with van der Waals surface area (Å²) in [5.41, 5.74) is 0.923. The third kappa shape index (κ3) is 3.37. The summed E-state index contributed by atoms with van der Waals surface area (Å²) in [7, 11) is 2.15. The zero-order valence-corrected chi connectivity index (χ0v) is 11.1. The standard InChI is InChI=1S/C14H22N2O2/c1-10(11-7-13(17)9-14(18)8-11)15-12-3-5-16(2)6-4-12/h7-10,12,15,17-18H,3-6H2,1-2H3. The van der Waals surface area contributed by atoms with Gasteiger partial charge in [-0.3, -0.25) is 0 Å². The number of nitrogens with one attached hydrogen (secondary N) is 1. The first-order valence-corrected chi connectivity index (χ1v) is 6.52. The Bertz CT molecular complexity index is 381. The molecule has 100 valence electrons. The van der Waals surface area contributed by atoms with Crippen LogP contribution in [0.1, 0.15) is 31.4 Å². The Balaban J connectivity index is 1.96. The van der Waals surface area contributed by atoms with E-state index in [0.29, 0.717) is 6.04 Å². The summed E-state index contributed by atoms with van der Waals surface area (Å²) < 4.78 is 0. The number of rotatable bonds is 3. The molecule has 4 heteroatoms. The van der Waals surface area contributed by atoms with Crippen LogP contribution in [-0.4, -0.2) is 41.3 Å². The zero-order chi connectivity index (χ0) is 13.1. The predicted molar refractivity (Wildman–Crippen MR) is 71.8 cm³/mol. The molecule has 0 aliphatic carbocycles. The Hall–Kier alpha value is -1.26. The van der Waals surface area contributed by atoms with Crippen molar-refractivity contribution >= 4 is 0 Å². The fraction of sp³-hybridized carbons (Fsp3) is 0.571. The van der Waals surface area contributed by atoms with E-state index in [-0.39, 0.29) is 17.5 Å². The molecule has 0 aromatic heterocycles. The number of phenolic OH excluding ortho intramolecular Hbond substituents is 2. The smallest absolute Gasteiger partial charge is 0.119 e. The van der Waals surface area contributed by atoms with E-state index in [4.69, 9.17) is 0 Å². The van der Waals surface area contributed by atoms with Crippen LogP contribution in [0.15, 0.2) is 18.2 Å². The highest BCUT2D eigenvalue weighted by Gasteiger charge is 2.19. The lowest BCUT2D eigenvalue weighted by Crippen LogP contribution is -2.41. The molecule has 1 aromatic carbocycles. The molecule has 3 N–H and O–H groups in total. The highest BCUT2D eigenvalue weighted by molar-refractivity contribution is 5.37. The second-order valence-electron chi connectivity index (χ2n) is 5.25. The molecule has 1 aromatic rings. The van der Waals surface area contributed by atoms with Crippen LogP contribution in [0.3, 0.4) is 0 Å². The summed E-state index contributed by atoms with van der Waals surface area (Å²) in [6.45, 7) is 4.30. The maximum Gasteiger partial charge on any atom is 0.119 e. The number of piperidine rings is 1. The van der Waals surface area contributed by atoms with E-state index in [9.17, 15) is 10.2 Å². The Morgan fingerprint density at radius 1 is 1.17 bits per heavy atom. The Morgan fingerprint density at radius 2 is 1.72 bits per heavy atom. The molecule has 0 bridgehead atoms. The van der Waals surface area contributed by atoms with Crippen LogP contribution in [-0.2, 0) is 0 Å². The molecule has 2 rings (SSSR count). The minimum Gasteiger partial charge on any atom is -0.508 e. The Labute approximate surface area is 108 Å². The third-order valence-electron chi connectivity index (χ3n) is 3.63. The Morgan fingerprint density at radius 3 is 2.28 bits per heavy atom. The molecule has 1 atom stereocenters. The normalized spacial score (nSPS) is 19.9. The fourth-order valence-corrected chi connectivity index (χ4v) is 2.49. The van der Waals surface area contributed by atoms with Crippen molar-refractivity contribution < 1.29 is 10.2 Å². The van der Waals surface area contributed by atoms with Crippen molar-refractivity contribution in [1.29, 1.82) is 0 Å². The van der Waals surface area contributed by atoms with Gasteiger partial charge in [-0.05, 0) is 57.6 Å². The fourth-order valence-electron chi connectivity index (χ4n) is 2.49. The van der Waals surface area contributed by atoms with Crippen molar-refractivity contribution in [3.05, 3.63) is 23.8 Å². The molecule has 1 unspecified atom stereocenters. The Kier molecular flexibility index (Phi) is 4.09. The molecule has 18 heavy (non-hydrogen) atoms. The molecule has 0 spiro atoms. The van der Waals surface area contributed by atoms with Crippen LogP contribution in [0.2, 0.25) is 0 Å². The molecule has 1 aliphatic rings. The maximum absolute atomic E-state index is 9.49. The molecule has 4 nitrogen and oxygen atoms in total. The number of nitrogens with zero attached hydrogens (tertiary/aromatic N) is 1. The molecule has 1 saturated heterocycles. The first kappa shape index (κ1) is 13.2. The summed E-state index contributed by atoms with van der Waals surface area (Å²) in [4.78, 5) is 2.34. The number of likely N-dealkylation sites (tertiary alicyclic amines) is 1. The lowest BCUT2D eigenvalue weighted by atomic mass is 10.0. The van der Waals surface area contributed by atoms with Crippen LogP contribution in [0.5, 0.6) is 11.5 Å². The number of hydrogen-bond donors (Lipinski definition) is 3. The van der Waals surface area contributed by atoms with Gasteiger partial charge in [0.25, 0.3) is 0 Å². The SMILES string of the molecule is CC(NC1CCN(C)CC1)c1cc(O)cc(O)c1. The van der Waals surface area contributed by atoms with Gasteiger partial charge in [0.05, 0.1) is 0 Å². The van der Waals surface area contributed by atoms with Crippen molar-refractivity contribution in [3.8, 4) is 11.5 Å². The van der Waals surface area contributed by atoms with Gasteiger partial charge in [-0.1, -0.05) is 0 Å². The van der Waals surface area contributed by atoms with E-state index >= 15 is 0 Å². The quantitative estimate of drug-likeness (QED) is 0.766. The maximum atomic E-state index is 9.49. The van der Waals surface area contributed by atoms with Crippen molar-refractivity contribution in [2.75, 3.05) is 20.1 Å². The van der Waals surface area contributed by atoms with Crippen molar-refractivity contribution in [2.24, 2.45) is 0 Å². The van der Waals surface area contributed by atoms with Crippen LogP contribution in [0, 0.1) is 0 Å². The molecule has 1 aliphatic heterocycles. The highest BCUT2D eigenvalue weighted by atomic mass is 16.3. The van der Waals surface area contributed by atoms with Crippen molar-refractivity contribution in [2.45, 2.75) is 31.8 Å². The van der Waals surface area contributed by atoms with E-state index in [1.54, 1.807) is 12.1 Å². The van der Waals surface area contributed by atoms with Gasteiger partial charge in [0.1, 0.15) is 11.5 Å². The molecular formula is C14H22N2O2. The monoisotopic (exact) mass is 250 g/mol. The van der Waals surface area contributed by atoms with Gasteiger partial charge in [0.15, 0.2) is 0 Å². The van der Waals surface area contributed by atoms with Crippen molar-refractivity contribution in [1.82, 2.24) is 10.2 Å². The van der Waals surface area contributed by atoms with Crippen LogP contribution in [0.4, 0.5) is 0 Å². The summed E-state index contributed by atoms with van der Waals surface area (Å²) in [5.74, 6) is 0.226. The van der Waals surface area contributed by atoms with E-state index in [1.165, 1.54) is 6.07 Å². The van der Waals surface area contributed by atoms with Gasteiger partial charge in [0, 0.05) is 18.2 Å². The van der Waals surface area contributed by atoms with Crippen molar-refractivity contribution in [3.63, 3.8) is 0 Å². The summed E-state index contributed by atoms with van der Waals surface area (Å²) in [6, 6.07) is 5.40. The minimum atomic E-state index is 0.113. The number of hydrogen-bond acceptors (Lipinski definition) is 4. The number of phenols is 2. The zero-order valence-electron chi connectivity index (χ0n) is 11.1. The minimum absolute atomic E-state index is 0.113. The molecule has 1 heterocycles. The second kappa shape index (κ2) is 5.59. The first-order valence-electron chi connectivity index (χ1n) is 6.52. The summed E-state index contributed by atoms with van der Waals surface area (Å²) in [5, 5.41) is 22.5. The third-order valence-corrected chi connectivity index (χ3v) is 3.63. The molecular weight excluding hydrogens is 228 g/mol. The van der Waals surface area contributed by atoms with E-state index in [0.717, 1.165) is 31.5 Å². The van der Waals surface area contributed by atoms with E-state index in [1.807, 2.05) is 0 Å². The highest BCUT2D eigenvalue weighted by Crippen LogP contribution is 2.25. The van der Waals surface area contributed by atoms with Crippen LogP contribution in [0.25, 0.3) is 0 Å². The average molecular weight is 250 g/mol. The lowest BCUT2D eigenvalue weighted by molar-refractivity contribution is 0.226. The van der Waals surface area contributed by atoms with Gasteiger partial charge in [-0.15, -0.1) is 0 Å². The topological polar surface area (TPSA) is 55.7 Å². The van der Waals surface area contributed by atoms with Gasteiger partial charge >= 0.3 is 0 Å².